The number of rotatable bonds is 6. The smallest absolute Gasteiger partial charge is 0.266 e. The summed E-state index contributed by atoms with van der Waals surface area (Å²) in [4.78, 5) is 30.1. The molecular formula is C21H22ClN3O2S. The van der Waals surface area contributed by atoms with Gasteiger partial charge in [0.15, 0.2) is 5.16 Å². The van der Waals surface area contributed by atoms with Crippen LogP contribution in [0.15, 0.2) is 52.4 Å². The summed E-state index contributed by atoms with van der Waals surface area (Å²) in [5, 5.41) is 4.40. The Labute approximate surface area is 173 Å². The van der Waals surface area contributed by atoms with Crippen molar-refractivity contribution in [1.29, 1.82) is 0 Å². The third-order valence-corrected chi connectivity index (χ3v) is 5.68. The van der Waals surface area contributed by atoms with E-state index in [-0.39, 0.29) is 23.3 Å². The van der Waals surface area contributed by atoms with Crippen LogP contribution in [-0.4, -0.2) is 27.3 Å². The fourth-order valence-electron chi connectivity index (χ4n) is 2.81. The van der Waals surface area contributed by atoms with E-state index in [1.165, 1.54) is 11.8 Å². The van der Waals surface area contributed by atoms with Gasteiger partial charge in [-0.2, -0.15) is 0 Å². The van der Waals surface area contributed by atoms with Crippen LogP contribution < -0.4 is 10.9 Å². The Morgan fingerprint density at radius 2 is 2.04 bits per heavy atom. The second-order valence-electron chi connectivity index (χ2n) is 6.65. The molecule has 1 heterocycles. The molecule has 0 spiro atoms. The zero-order valence-electron chi connectivity index (χ0n) is 16.0. The molecule has 0 radical (unpaired) electrons. The first-order valence-corrected chi connectivity index (χ1v) is 10.5. The third-order valence-electron chi connectivity index (χ3n) is 4.51. The summed E-state index contributed by atoms with van der Waals surface area (Å²) in [6.45, 7) is 5.92. The summed E-state index contributed by atoms with van der Waals surface area (Å²) in [7, 11) is 0. The number of thioether (sulfide) groups is 1. The molecule has 2 aromatic carbocycles. The minimum Gasteiger partial charge on any atom is -0.353 e. The molecule has 0 bridgehead atoms. The Morgan fingerprint density at radius 1 is 1.29 bits per heavy atom. The zero-order chi connectivity index (χ0) is 20.3. The van der Waals surface area contributed by atoms with E-state index >= 15 is 0 Å². The van der Waals surface area contributed by atoms with E-state index in [2.05, 4.69) is 10.3 Å². The number of benzene rings is 2. The topological polar surface area (TPSA) is 64.0 Å². The first-order valence-electron chi connectivity index (χ1n) is 9.11. The average Bonchev–Trinajstić information content (AvgIpc) is 2.67. The monoisotopic (exact) mass is 415 g/mol. The molecule has 146 valence electrons. The van der Waals surface area contributed by atoms with Crippen LogP contribution in [0.5, 0.6) is 0 Å². The van der Waals surface area contributed by atoms with Crippen molar-refractivity contribution in [1.82, 2.24) is 14.9 Å². The Bertz CT molecular complexity index is 1080. The number of aromatic nitrogens is 2. The molecule has 28 heavy (non-hydrogen) atoms. The van der Waals surface area contributed by atoms with Crippen molar-refractivity contribution in [3.8, 4) is 5.69 Å². The molecule has 5 nitrogen and oxygen atoms in total. The lowest BCUT2D eigenvalue weighted by Crippen LogP contribution is -2.33. The van der Waals surface area contributed by atoms with Crippen molar-refractivity contribution in [2.75, 3.05) is 5.75 Å². The second-order valence-corrected chi connectivity index (χ2v) is 8.03. The highest BCUT2D eigenvalue weighted by molar-refractivity contribution is 7.99. The standard InChI is InChI=1S/C21H22ClN3O2S/c1-4-14(3)23-19(26)12-28-21-24-17-11-15(22)9-10-16(17)20(27)25(21)18-8-6-5-7-13(18)2/h5-11,14H,4,12H2,1-3H3,(H,23,26)/t14-/m0/s1. The van der Waals surface area contributed by atoms with E-state index in [9.17, 15) is 9.59 Å². The molecule has 0 aliphatic heterocycles. The van der Waals surface area contributed by atoms with Gasteiger partial charge >= 0.3 is 0 Å². The molecule has 0 saturated carbocycles. The second kappa shape index (κ2) is 8.80. The number of nitrogens with zero attached hydrogens (tertiary/aromatic N) is 2. The zero-order valence-corrected chi connectivity index (χ0v) is 17.6. The highest BCUT2D eigenvalue weighted by Gasteiger charge is 2.16. The number of nitrogens with one attached hydrogen (secondary N) is 1. The van der Waals surface area contributed by atoms with Gasteiger partial charge in [0.2, 0.25) is 5.91 Å². The summed E-state index contributed by atoms with van der Waals surface area (Å²) in [5.74, 6) is 0.0884. The van der Waals surface area contributed by atoms with Gasteiger partial charge < -0.3 is 5.32 Å². The number of hydrogen-bond donors (Lipinski definition) is 1. The Morgan fingerprint density at radius 3 is 2.75 bits per heavy atom. The van der Waals surface area contributed by atoms with E-state index < -0.39 is 0 Å². The maximum atomic E-state index is 13.2. The predicted molar refractivity (Wildman–Crippen MR) is 116 cm³/mol. The molecule has 1 amide bonds. The number of halogens is 1. The normalized spacial score (nSPS) is 12.1. The Kier molecular flexibility index (Phi) is 6.42. The minimum atomic E-state index is -0.180. The number of amides is 1. The van der Waals surface area contributed by atoms with Crippen molar-refractivity contribution in [3.05, 3.63) is 63.4 Å². The van der Waals surface area contributed by atoms with E-state index in [4.69, 9.17) is 11.6 Å². The molecule has 0 aliphatic carbocycles. The molecule has 0 saturated heterocycles. The van der Waals surface area contributed by atoms with Gasteiger partial charge in [0, 0.05) is 11.1 Å². The molecular weight excluding hydrogens is 394 g/mol. The van der Waals surface area contributed by atoms with Crippen molar-refractivity contribution < 1.29 is 4.79 Å². The number of carbonyl (C=O) groups excluding carboxylic acids is 1. The predicted octanol–water partition coefficient (Wildman–Crippen LogP) is 4.35. The Balaban J connectivity index is 2.08. The van der Waals surface area contributed by atoms with Gasteiger partial charge in [-0.1, -0.05) is 48.5 Å². The van der Waals surface area contributed by atoms with Crippen molar-refractivity contribution in [2.24, 2.45) is 0 Å². The maximum absolute atomic E-state index is 13.2. The van der Waals surface area contributed by atoms with E-state index in [1.807, 2.05) is 45.0 Å². The van der Waals surface area contributed by atoms with Crippen LogP contribution in [0.1, 0.15) is 25.8 Å². The minimum absolute atomic E-state index is 0.0869. The van der Waals surface area contributed by atoms with Gasteiger partial charge in [0.25, 0.3) is 5.56 Å². The molecule has 1 atom stereocenters. The van der Waals surface area contributed by atoms with Gasteiger partial charge in [-0.3, -0.25) is 14.2 Å². The molecule has 0 unspecified atom stereocenters. The summed E-state index contributed by atoms with van der Waals surface area (Å²) in [6, 6.07) is 12.8. The van der Waals surface area contributed by atoms with Gasteiger partial charge in [-0.05, 0) is 50.1 Å². The quantitative estimate of drug-likeness (QED) is 0.480. The summed E-state index contributed by atoms with van der Waals surface area (Å²) >= 11 is 7.33. The molecule has 1 N–H and O–H groups in total. The summed E-state index contributed by atoms with van der Waals surface area (Å²) in [6.07, 6.45) is 0.858. The van der Waals surface area contributed by atoms with Crippen LogP contribution in [0.25, 0.3) is 16.6 Å². The van der Waals surface area contributed by atoms with Crippen molar-refractivity contribution in [2.45, 2.75) is 38.4 Å². The van der Waals surface area contributed by atoms with Crippen LogP contribution >= 0.6 is 23.4 Å². The fourth-order valence-corrected chi connectivity index (χ4v) is 3.79. The highest BCUT2D eigenvalue weighted by atomic mass is 35.5. The number of aryl methyl sites for hydroxylation is 1. The van der Waals surface area contributed by atoms with Crippen LogP contribution in [0.4, 0.5) is 0 Å². The van der Waals surface area contributed by atoms with Gasteiger partial charge in [0.1, 0.15) is 0 Å². The van der Waals surface area contributed by atoms with E-state index in [0.717, 1.165) is 17.7 Å². The first kappa shape index (κ1) is 20.4. The highest BCUT2D eigenvalue weighted by Crippen LogP contribution is 2.24. The van der Waals surface area contributed by atoms with E-state index in [1.54, 1.807) is 22.8 Å². The third kappa shape index (κ3) is 4.39. The first-order chi connectivity index (χ1) is 13.4. The van der Waals surface area contributed by atoms with Crippen molar-refractivity contribution >= 4 is 40.2 Å². The molecule has 3 aromatic rings. The lowest BCUT2D eigenvalue weighted by Gasteiger charge is -2.16. The van der Waals surface area contributed by atoms with E-state index in [0.29, 0.717) is 21.1 Å². The Hall–Kier alpha value is -2.31. The lowest BCUT2D eigenvalue weighted by molar-refractivity contribution is -0.119. The molecule has 7 heteroatoms. The summed E-state index contributed by atoms with van der Waals surface area (Å²) < 4.78 is 1.58. The number of para-hydroxylation sites is 1. The van der Waals surface area contributed by atoms with Gasteiger partial charge in [-0.25, -0.2) is 4.98 Å². The number of carbonyl (C=O) groups is 1. The lowest BCUT2D eigenvalue weighted by atomic mass is 10.2. The van der Waals surface area contributed by atoms with Gasteiger partial charge in [-0.15, -0.1) is 0 Å². The molecule has 0 aliphatic rings. The SMILES string of the molecule is CC[C@H](C)NC(=O)CSc1nc2cc(Cl)ccc2c(=O)n1-c1ccccc1C. The number of hydrogen-bond acceptors (Lipinski definition) is 4. The van der Waals surface area contributed by atoms with Crippen LogP contribution in [-0.2, 0) is 4.79 Å². The maximum Gasteiger partial charge on any atom is 0.266 e. The summed E-state index contributed by atoms with van der Waals surface area (Å²) in [5.41, 5.74) is 2.04. The van der Waals surface area contributed by atoms with Crippen LogP contribution in [0.2, 0.25) is 5.02 Å². The number of fused-ring (bicyclic) bond motifs is 1. The average molecular weight is 416 g/mol. The molecule has 1 aromatic heterocycles. The molecule has 3 rings (SSSR count). The molecule has 0 fully saturated rings. The largest absolute Gasteiger partial charge is 0.353 e. The van der Waals surface area contributed by atoms with Crippen LogP contribution in [0, 0.1) is 6.92 Å². The van der Waals surface area contributed by atoms with Crippen LogP contribution in [0.3, 0.4) is 0 Å². The fraction of sp³-hybridized carbons (Fsp3) is 0.286. The van der Waals surface area contributed by atoms with Crippen molar-refractivity contribution in [3.63, 3.8) is 0 Å². The van der Waals surface area contributed by atoms with Gasteiger partial charge in [0.05, 0.1) is 22.3 Å².